The van der Waals surface area contributed by atoms with Crippen LogP contribution in [-0.4, -0.2) is 20.9 Å². The zero-order valence-corrected chi connectivity index (χ0v) is 14.1. The Hall–Kier alpha value is -3.13. The van der Waals surface area contributed by atoms with Crippen molar-refractivity contribution in [3.63, 3.8) is 0 Å². The molecule has 0 spiro atoms. The first-order valence-electron chi connectivity index (χ1n) is 7.70. The lowest BCUT2D eigenvalue weighted by Gasteiger charge is -2.05. The molecule has 0 saturated heterocycles. The fourth-order valence-corrected chi connectivity index (χ4v) is 3.22. The van der Waals surface area contributed by atoms with E-state index in [-0.39, 0.29) is 11.5 Å². The zero-order chi connectivity index (χ0) is 18.1. The van der Waals surface area contributed by atoms with Crippen LogP contribution in [-0.2, 0) is 0 Å². The molecule has 2 N–H and O–H groups in total. The van der Waals surface area contributed by atoms with Crippen molar-refractivity contribution in [3.8, 4) is 11.4 Å². The molecular formula is C18H12F2N4OS. The molecule has 4 aromatic rings. The number of aromatic nitrogens is 3. The number of benzene rings is 2. The van der Waals surface area contributed by atoms with Gasteiger partial charge in [-0.15, -0.1) is 11.3 Å². The van der Waals surface area contributed by atoms with Crippen LogP contribution in [0.1, 0.15) is 22.3 Å². The fourth-order valence-electron chi connectivity index (χ4n) is 2.70. The van der Waals surface area contributed by atoms with Gasteiger partial charge in [0.2, 0.25) is 0 Å². The summed E-state index contributed by atoms with van der Waals surface area (Å²) in [4.78, 5) is 24.0. The third kappa shape index (κ3) is 2.95. The number of H-pyrrole nitrogens is 1. The van der Waals surface area contributed by atoms with Crippen molar-refractivity contribution in [2.75, 3.05) is 5.32 Å². The van der Waals surface area contributed by atoms with Gasteiger partial charge in [-0.05, 0) is 12.1 Å². The highest BCUT2D eigenvalue weighted by molar-refractivity contribution is 7.13. The van der Waals surface area contributed by atoms with Crippen LogP contribution in [0, 0.1) is 0 Å². The second kappa shape index (κ2) is 6.64. The monoisotopic (exact) mass is 370 g/mol. The van der Waals surface area contributed by atoms with Crippen molar-refractivity contribution >= 4 is 33.4 Å². The van der Waals surface area contributed by atoms with Gasteiger partial charge >= 0.3 is 0 Å². The Morgan fingerprint density at radius 3 is 2.77 bits per heavy atom. The number of carbonyl (C=O) groups is 1. The van der Waals surface area contributed by atoms with Crippen molar-refractivity contribution in [3.05, 3.63) is 65.2 Å². The quantitative estimate of drug-likeness (QED) is 0.538. The third-order valence-electron chi connectivity index (χ3n) is 3.86. The number of fused-ring (bicyclic) bond motifs is 1. The number of nitrogens with zero attached hydrogens (tertiary/aromatic N) is 2. The summed E-state index contributed by atoms with van der Waals surface area (Å²) < 4.78 is 26.6. The van der Waals surface area contributed by atoms with Gasteiger partial charge in [0.1, 0.15) is 11.3 Å². The van der Waals surface area contributed by atoms with Crippen molar-refractivity contribution in [2.24, 2.45) is 0 Å². The molecule has 130 valence electrons. The molecule has 0 aliphatic rings. The number of nitrogens with one attached hydrogen (secondary N) is 2. The Balaban J connectivity index is 1.78. The first kappa shape index (κ1) is 16.3. The fraction of sp³-hybridized carbons (Fsp3) is 0.0556. The molecular weight excluding hydrogens is 358 g/mol. The average molecular weight is 370 g/mol. The molecule has 0 aliphatic heterocycles. The second-order valence-corrected chi connectivity index (χ2v) is 6.36. The van der Waals surface area contributed by atoms with Crippen LogP contribution in [0.15, 0.2) is 54.0 Å². The van der Waals surface area contributed by atoms with Crippen molar-refractivity contribution < 1.29 is 13.6 Å². The minimum absolute atomic E-state index is 0.111. The number of hydrogen-bond donors (Lipinski definition) is 2. The Labute approximate surface area is 150 Å². The van der Waals surface area contributed by atoms with Crippen molar-refractivity contribution in [2.45, 2.75) is 6.43 Å². The van der Waals surface area contributed by atoms with Gasteiger partial charge in [-0.3, -0.25) is 10.1 Å². The normalized spacial score (nSPS) is 11.2. The van der Waals surface area contributed by atoms with Crippen molar-refractivity contribution in [1.29, 1.82) is 0 Å². The number of halogens is 2. The van der Waals surface area contributed by atoms with E-state index in [1.54, 1.807) is 48.0 Å². The Bertz CT molecular complexity index is 1080. The number of carbonyl (C=O) groups excluding carboxylic acids is 1. The zero-order valence-electron chi connectivity index (χ0n) is 13.2. The predicted octanol–water partition coefficient (Wildman–Crippen LogP) is 4.88. The molecule has 2 heterocycles. The van der Waals surface area contributed by atoms with E-state index in [4.69, 9.17) is 0 Å². The van der Waals surface area contributed by atoms with Crippen molar-refractivity contribution in [1.82, 2.24) is 15.0 Å². The Morgan fingerprint density at radius 1 is 1.15 bits per heavy atom. The van der Waals surface area contributed by atoms with E-state index >= 15 is 0 Å². The van der Waals surface area contributed by atoms with E-state index < -0.39 is 6.43 Å². The van der Waals surface area contributed by atoms with E-state index in [2.05, 4.69) is 20.3 Å². The molecule has 5 nitrogen and oxygen atoms in total. The maximum atomic E-state index is 13.3. The molecule has 4 rings (SSSR count). The van der Waals surface area contributed by atoms with Crippen LogP contribution in [0.25, 0.3) is 22.4 Å². The highest BCUT2D eigenvalue weighted by Gasteiger charge is 2.19. The topological polar surface area (TPSA) is 70.7 Å². The molecule has 0 fully saturated rings. The number of anilines is 1. The number of amides is 1. The highest BCUT2D eigenvalue weighted by atomic mass is 32.1. The van der Waals surface area contributed by atoms with Crippen LogP contribution in [0.5, 0.6) is 0 Å². The van der Waals surface area contributed by atoms with Crippen LogP contribution in [0.4, 0.5) is 13.9 Å². The number of para-hydroxylation sites is 1. The summed E-state index contributed by atoms with van der Waals surface area (Å²) in [6.07, 6.45) is -1.03. The van der Waals surface area contributed by atoms with E-state index in [0.717, 1.165) is 0 Å². The number of imidazole rings is 1. The lowest BCUT2D eigenvalue weighted by atomic mass is 10.1. The van der Waals surface area contributed by atoms with Crippen LogP contribution >= 0.6 is 11.3 Å². The molecule has 26 heavy (non-hydrogen) atoms. The molecule has 0 unspecified atom stereocenters. The minimum atomic E-state index is -2.62. The molecule has 8 heteroatoms. The summed E-state index contributed by atoms with van der Waals surface area (Å²) in [5.41, 5.74) is 1.55. The Kier molecular flexibility index (Phi) is 4.18. The number of rotatable bonds is 4. The number of hydrogen-bond acceptors (Lipinski definition) is 4. The summed E-state index contributed by atoms with van der Waals surface area (Å²) in [6, 6.07) is 11.3. The van der Waals surface area contributed by atoms with Gasteiger partial charge in [-0.1, -0.05) is 30.3 Å². The molecule has 0 radical (unpaired) electrons. The average Bonchev–Trinajstić information content (AvgIpc) is 3.30. The summed E-state index contributed by atoms with van der Waals surface area (Å²) >= 11 is 1.30. The maximum absolute atomic E-state index is 13.3. The lowest BCUT2D eigenvalue weighted by Crippen LogP contribution is -2.12. The third-order valence-corrected chi connectivity index (χ3v) is 4.55. The van der Waals surface area contributed by atoms with Gasteiger partial charge < -0.3 is 4.98 Å². The summed E-state index contributed by atoms with van der Waals surface area (Å²) in [7, 11) is 0. The molecule has 0 bridgehead atoms. The molecule has 2 aromatic carbocycles. The van der Waals surface area contributed by atoms with Gasteiger partial charge in [-0.2, -0.15) is 0 Å². The first-order valence-corrected chi connectivity index (χ1v) is 8.58. The van der Waals surface area contributed by atoms with Gasteiger partial charge in [0.25, 0.3) is 12.3 Å². The number of alkyl halides is 2. The summed E-state index contributed by atoms with van der Waals surface area (Å²) in [5.74, 6) is -0.0591. The first-order chi connectivity index (χ1) is 12.6. The van der Waals surface area contributed by atoms with Gasteiger partial charge in [0.15, 0.2) is 5.13 Å². The smallest absolute Gasteiger partial charge is 0.264 e. The Morgan fingerprint density at radius 2 is 2.00 bits per heavy atom. The van der Waals surface area contributed by atoms with Crippen LogP contribution < -0.4 is 5.32 Å². The lowest BCUT2D eigenvalue weighted by molar-refractivity contribution is 0.102. The van der Waals surface area contributed by atoms with Gasteiger partial charge in [0.05, 0.1) is 11.1 Å². The summed E-state index contributed by atoms with van der Waals surface area (Å²) in [6.45, 7) is 0. The van der Waals surface area contributed by atoms with E-state index in [1.165, 1.54) is 17.4 Å². The van der Waals surface area contributed by atoms with Gasteiger partial charge in [0, 0.05) is 22.7 Å². The minimum Gasteiger partial charge on any atom is -0.338 e. The standard InChI is InChI=1S/C18H12F2N4OS/c19-15(20)10-4-1-2-5-11(10)16-22-13-7-3-6-12(14(13)23-16)17(25)24-18-21-8-9-26-18/h1-9,15H,(H,22,23)(H,21,24,25). The van der Waals surface area contributed by atoms with E-state index in [0.29, 0.717) is 33.1 Å². The predicted molar refractivity (Wildman–Crippen MR) is 96.6 cm³/mol. The van der Waals surface area contributed by atoms with Crippen LogP contribution in [0.3, 0.4) is 0 Å². The molecule has 0 saturated carbocycles. The molecule has 0 aliphatic carbocycles. The SMILES string of the molecule is O=C(Nc1nccs1)c1cccc2[nH]c(-c3ccccc3C(F)F)nc12. The van der Waals surface area contributed by atoms with E-state index in [9.17, 15) is 13.6 Å². The van der Waals surface area contributed by atoms with Crippen LogP contribution in [0.2, 0.25) is 0 Å². The van der Waals surface area contributed by atoms with Gasteiger partial charge in [-0.25, -0.2) is 18.7 Å². The molecule has 2 aromatic heterocycles. The second-order valence-electron chi connectivity index (χ2n) is 5.47. The highest BCUT2D eigenvalue weighted by Crippen LogP contribution is 2.31. The molecule has 0 atom stereocenters. The number of aromatic amines is 1. The maximum Gasteiger partial charge on any atom is 0.264 e. The molecule has 1 amide bonds. The summed E-state index contributed by atoms with van der Waals surface area (Å²) in [5, 5.41) is 4.94. The number of thiazole rings is 1. The largest absolute Gasteiger partial charge is 0.338 e. The van der Waals surface area contributed by atoms with E-state index in [1.807, 2.05) is 0 Å².